The molecule has 14 heavy (non-hydrogen) atoms. The Morgan fingerprint density at radius 2 is 2.07 bits per heavy atom. The highest BCUT2D eigenvalue weighted by Gasteiger charge is 2.10. The van der Waals surface area contributed by atoms with Crippen molar-refractivity contribution in [1.82, 2.24) is 9.97 Å². The molecule has 4 heteroatoms. The van der Waals surface area contributed by atoms with Gasteiger partial charge in [0.15, 0.2) is 0 Å². The maximum Gasteiger partial charge on any atom is 0.218 e. The fourth-order valence-corrected chi connectivity index (χ4v) is 1.02. The van der Waals surface area contributed by atoms with Gasteiger partial charge in [-0.25, -0.2) is 9.97 Å². The number of hydrogen-bond donors (Lipinski definition) is 1. The normalized spacial score (nSPS) is 11.1. The van der Waals surface area contributed by atoms with Crippen LogP contribution in [0.3, 0.4) is 0 Å². The Labute approximate surface area is 84.7 Å². The van der Waals surface area contributed by atoms with Gasteiger partial charge in [-0.1, -0.05) is 0 Å². The Bertz CT molecular complexity index is 294. The lowest BCUT2D eigenvalue weighted by Gasteiger charge is -2.21. The lowest BCUT2D eigenvalue weighted by molar-refractivity contribution is 0.326. The molecule has 0 saturated carbocycles. The van der Waals surface area contributed by atoms with Crippen LogP contribution in [0.15, 0.2) is 12.4 Å². The van der Waals surface area contributed by atoms with Gasteiger partial charge >= 0.3 is 0 Å². The maximum atomic E-state index is 5.27. The van der Waals surface area contributed by atoms with E-state index in [0.717, 1.165) is 5.82 Å². The van der Waals surface area contributed by atoms with E-state index in [4.69, 9.17) is 4.74 Å². The van der Waals surface area contributed by atoms with Gasteiger partial charge < -0.3 is 10.1 Å². The summed E-state index contributed by atoms with van der Waals surface area (Å²) in [5.74, 6) is 1.39. The average molecular weight is 195 g/mol. The molecule has 4 nitrogen and oxygen atoms in total. The molecular weight excluding hydrogens is 178 g/mol. The second kappa shape index (κ2) is 4.26. The minimum atomic E-state index is -0.00214. The molecule has 0 atom stereocenters. The van der Waals surface area contributed by atoms with E-state index in [1.54, 1.807) is 6.07 Å². The molecule has 0 bridgehead atoms. The van der Waals surface area contributed by atoms with Gasteiger partial charge in [-0.3, -0.25) is 0 Å². The maximum absolute atomic E-state index is 5.27. The predicted octanol–water partition coefficient (Wildman–Crippen LogP) is 2.09. The topological polar surface area (TPSA) is 47.0 Å². The van der Waals surface area contributed by atoms with Crippen molar-refractivity contribution in [3.8, 4) is 5.88 Å². The molecular formula is C10H17N3O. The zero-order valence-electron chi connectivity index (χ0n) is 9.16. The first-order chi connectivity index (χ1) is 6.51. The highest BCUT2D eigenvalue weighted by atomic mass is 16.5. The van der Waals surface area contributed by atoms with E-state index in [1.807, 2.05) is 6.92 Å². The van der Waals surface area contributed by atoms with Crippen molar-refractivity contribution in [2.75, 3.05) is 11.9 Å². The van der Waals surface area contributed by atoms with Crippen LogP contribution >= 0.6 is 0 Å². The summed E-state index contributed by atoms with van der Waals surface area (Å²) in [7, 11) is 0. The Kier molecular flexibility index (Phi) is 3.28. The van der Waals surface area contributed by atoms with E-state index in [-0.39, 0.29) is 5.54 Å². The first-order valence-electron chi connectivity index (χ1n) is 4.74. The number of aromatic nitrogens is 2. The fourth-order valence-electron chi connectivity index (χ4n) is 1.02. The SMILES string of the molecule is CCOc1cc(NC(C)(C)C)ncn1. The van der Waals surface area contributed by atoms with E-state index in [9.17, 15) is 0 Å². The monoisotopic (exact) mass is 195 g/mol. The molecule has 0 aliphatic carbocycles. The quantitative estimate of drug-likeness (QED) is 0.802. The highest BCUT2D eigenvalue weighted by Crippen LogP contribution is 2.15. The van der Waals surface area contributed by atoms with Crippen LogP contribution in [0.25, 0.3) is 0 Å². The van der Waals surface area contributed by atoms with Gasteiger partial charge in [-0.2, -0.15) is 0 Å². The average Bonchev–Trinajstić information content (AvgIpc) is 2.02. The van der Waals surface area contributed by atoms with Crippen molar-refractivity contribution >= 4 is 5.82 Å². The van der Waals surface area contributed by atoms with Crippen LogP contribution in [-0.4, -0.2) is 22.1 Å². The first kappa shape index (κ1) is 10.8. The molecule has 0 amide bonds. The zero-order valence-corrected chi connectivity index (χ0v) is 9.16. The molecule has 1 aromatic rings. The minimum absolute atomic E-state index is 0.00214. The lowest BCUT2D eigenvalue weighted by Crippen LogP contribution is -2.26. The van der Waals surface area contributed by atoms with Crippen molar-refractivity contribution in [2.24, 2.45) is 0 Å². The zero-order chi connectivity index (χ0) is 10.6. The largest absolute Gasteiger partial charge is 0.478 e. The lowest BCUT2D eigenvalue weighted by atomic mass is 10.1. The molecule has 1 aromatic heterocycles. The van der Waals surface area contributed by atoms with Crippen LogP contribution in [0.4, 0.5) is 5.82 Å². The molecule has 0 aliphatic heterocycles. The summed E-state index contributed by atoms with van der Waals surface area (Å²) in [5, 5.41) is 3.25. The smallest absolute Gasteiger partial charge is 0.218 e. The van der Waals surface area contributed by atoms with Gasteiger partial charge in [0.1, 0.15) is 12.1 Å². The van der Waals surface area contributed by atoms with Crippen molar-refractivity contribution in [1.29, 1.82) is 0 Å². The number of nitrogens with one attached hydrogen (secondary N) is 1. The van der Waals surface area contributed by atoms with Crippen LogP contribution in [0.2, 0.25) is 0 Å². The summed E-state index contributed by atoms with van der Waals surface area (Å²) in [6.07, 6.45) is 1.50. The van der Waals surface area contributed by atoms with Crippen LogP contribution in [0.5, 0.6) is 5.88 Å². The number of hydrogen-bond acceptors (Lipinski definition) is 4. The standard InChI is InChI=1S/C10H17N3O/c1-5-14-9-6-8(11-7-12-9)13-10(2,3)4/h6-7H,5H2,1-4H3,(H,11,12,13). The Morgan fingerprint density at radius 3 is 2.64 bits per heavy atom. The second-order valence-corrected chi connectivity index (χ2v) is 4.05. The number of ether oxygens (including phenoxy) is 1. The summed E-state index contributed by atoms with van der Waals surface area (Å²) < 4.78 is 5.27. The third-order valence-corrected chi connectivity index (χ3v) is 1.44. The molecule has 0 spiro atoms. The van der Waals surface area contributed by atoms with Gasteiger partial charge in [0.05, 0.1) is 6.61 Å². The molecule has 0 aliphatic rings. The molecule has 0 fully saturated rings. The Balaban J connectivity index is 2.73. The summed E-state index contributed by atoms with van der Waals surface area (Å²) in [4.78, 5) is 8.09. The highest BCUT2D eigenvalue weighted by molar-refractivity contribution is 5.39. The van der Waals surface area contributed by atoms with Gasteiger partial charge in [0.2, 0.25) is 5.88 Å². The van der Waals surface area contributed by atoms with Gasteiger partial charge in [-0.15, -0.1) is 0 Å². The van der Waals surface area contributed by atoms with Crippen molar-refractivity contribution in [2.45, 2.75) is 33.2 Å². The first-order valence-corrected chi connectivity index (χ1v) is 4.74. The molecule has 1 N–H and O–H groups in total. The van der Waals surface area contributed by atoms with Gasteiger partial charge in [0, 0.05) is 11.6 Å². The fraction of sp³-hybridized carbons (Fsp3) is 0.600. The Hall–Kier alpha value is -1.32. The minimum Gasteiger partial charge on any atom is -0.478 e. The van der Waals surface area contributed by atoms with E-state index in [2.05, 4.69) is 36.1 Å². The molecule has 0 saturated heterocycles. The molecule has 0 aromatic carbocycles. The summed E-state index contributed by atoms with van der Waals surface area (Å²) in [5.41, 5.74) is -0.00214. The number of rotatable bonds is 3. The predicted molar refractivity (Wildman–Crippen MR) is 56.6 cm³/mol. The molecule has 0 unspecified atom stereocenters. The summed E-state index contributed by atoms with van der Waals surface area (Å²) >= 11 is 0. The van der Waals surface area contributed by atoms with E-state index in [1.165, 1.54) is 6.33 Å². The van der Waals surface area contributed by atoms with Crippen molar-refractivity contribution < 1.29 is 4.74 Å². The van der Waals surface area contributed by atoms with Crippen LogP contribution in [0.1, 0.15) is 27.7 Å². The number of anilines is 1. The van der Waals surface area contributed by atoms with Gasteiger partial charge in [-0.05, 0) is 27.7 Å². The summed E-state index contributed by atoms with van der Waals surface area (Å²) in [6.45, 7) is 8.78. The second-order valence-electron chi connectivity index (χ2n) is 4.05. The van der Waals surface area contributed by atoms with Crippen LogP contribution < -0.4 is 10.1 Å². The van der Waals surface area contributed by atoms with Crippen LogP contribution in [-0.2, 0) is 0 Å². The van der Waals surface area contributed by atoms with E-state index >= 15 is 0 Å². The van der Waals surface area contributed by atoms with Gasteiger partial charge in [0.25, 0.3) is 0 Å². The van der Waals surface area contributed by atoms with E-state index < -0.39 is 0 Å². The van der Waals surface area contributed by atoms with Crippen LogP contribution in [0, 0.1) is 0 Å². The van der Waals surface area contributed by atoms with Crippen molar-refractivity contribution in [3.05, 3.63) is 12.4 Å². The molecule has 1 rings (SSSR count). The molecule has 0 radical (unpaired) electrons. The Morgan fingerprint density at radius 1 is 1.36 bits per heavy atom. The third-order valence-electron chi connectivity index (χ3n) is 1.44. The molecule has 78 valence electrons. The molecule has 1 heterocycles. The summed E-state index contributed by atoms with van der Waals surface area (Å²) in [6, 6.07) is 1.80. The number of nitrogens with zero attached hydrogens (tertiary/aromatic N) is 2. The van der Waals surface area contributed by atoms with Crippen molar-refractivity contribution in [3.63, 3.8) is 0 Å². The van der Waals surface area contributed by atoms with E-state index in [0.29, 0.717) is 12.5 Å². The third kappa shape index (κ3) is 3.60.